The van der Waals surface area contributed by atoms with Gasteiger partial charge >= 0.3 is 0 Å². The van der Waals surface area contributed by atoms with Crippen molar-refractivity contribution < 1.29 is 14.3 Å². The molecule has 1 amide bonds. The summed E-state index contributed by atoms with van der Waals surface area (Å²) in [4.78, 5) is 23.2. The number of benzene rings is 2. The number of para-hydroxylation sites is 4. The van der Waals surface area contributed by atoms with E-state index in [1.165, 1.54) is 0 Å². The molecule has 0 aliphatic carbocycles. The zero-order chi connectivity index (χ0) is 22.3. The van der Waals surface area contributed by atoms with Gasteiger partial charge in [0.05, 0.1) is 31.3 Å². The first-order valence-corrected chi connectivity index (χ1v) is 10.5. The quantitative estimate of drug-likeness (QED) is 0.373. The number of hydrogen-bond donors (Lipinski definition) is 0. The maximum absolute atomic E-state index is 12.8. The van der Waals surface area contributed by atoms with E-state index in [0.717, 1.165) is 41.3 Å². The van der Waals surface area contributed by atoms with E-state index in [-0.39, 0.29) is 5.91 Å². The molecular weight excluding hydrogens is 404 g/mol. The molecule has 2 aromatic heterocycles. The van der Waals surface area contributed by atoms with E-state index >= 15 is 0 Å². The number of aryl methyl sites for hydroxylation is 1. The van der Waals surface area contributed by atoms with Gasteiger partial charge in [-0.05, 0) is 42.8 Å². The van der Waals surface area contributed by atoms with Crippen LogP contribution in [0.3, 0.4) is 0 Å². The lowest BCUT2D eigenvalue weighted by atomic mass is 10.2. The lowest BCUT2D eigenvalue weighted by Gasteiger charge is -2.18. The first-order valence-electron chi connectivity index (χ1n) is 10.5. The Morgan fingerprint density at radius 1 is 1.00 bits per heavy atom. The molecule has 32 heavy (non-hydrogen) atoms. The molecule has 0 saturated heterocycles. The number of carbonyl (C=O) groups is 1. The Morgan fingerprint density at radius 2 is 1.72 bits per heavy atom. The van der Waals surface area contributed by atoms with Crippen molar-refractivity contribution in [2.45, 2.75) is 19.5 Å². The number of imidazole rings is 1. The third-order valence-electron chi connectivity index (χ3n) is 5.24. The van der Waals surface area contributed by atoms with Crippen molar-refractivity contribution >= 4 is 16.9 Å². The topological polar surface area (TPSA) is 69.5 Å². The number of nitrogens with zero attached hydrogens (tertiary/aromatic N) is 4. The lowest BCUT2D eigenvalue weighted by Crippen LogP contribution is -2.28. The maximum Gasteiger partial charge on any atom is 0.254 e. The van der Waals surface area contributed by atoms with Crippen LogP contribution in [0.15, 0.2) is 73.1 Å². The Hall–Kier alpha value is -3.87. The van der Waals surface area contributed by atoms with Gasteiger partial charge in [-0.1, -0.05) is 24.3 Å². The van der Waals surface area contributed by atoms with E-state index in [1.807, 2.05) is 42.5 Å². The summed E-state index contributed by atoms with van der Waals surface area (Å²) in [5.74, 6) is 2.23. The van der Waals surface area contributed by atoms with Gasteiger partial charge in [0.1, 0.15) is 5.82 Å². The molecule has 0 unspecified atom stereocenters. The Bertz CT molecular complexity index is 1190. The minimum atomic E-state index is -0.0643. The standard InChI is InChI=1S/C25H26N4O3/c1-28(25(30)19-12-14-26-15-13-19)18-24-27-20-8-3-4-9-21(20)29(24)16-7-17-32-23-11-6-5-10-22(23)31-2/h3-6,8-15H,7,16-18H2,1-2H3. The summed E-state index contributed by atoms with van der Waals surface area (Å²) >= 11 is 0. The predicted octanol–water partition coefficient (Wildman–Crippen LogP) is 4.18. The van der Waals surface area contributed by atoms with Crippen LogP contribution in [0.5, 0.6) is 11.5 Å². The van der Waals surface area contributed by atoms with Crippen LogP contribution in [0.2, 0.25) is 0 Å². The fraction of sp³-hybridized carbons (Fsp3) is 0.240. The average Bonchev–Trinajstić information content (AvgIpc) is 3.19. The van der Waals surface area contributed by atoms with Gasteiger partial charge in [-0.15, -0.1) is 0 Å². The zero-order valence-corrected chi connectivity index (χ0v) is 18.3. The molecule has 0 spiro atoms. The largest absolute Gasteiger partial charge is 0.493 e. The van der Waals surface area contributed by atoms with E-state index in [4.69, 9.17) is 14.5 Å². The molecule has 2 heterocycles. The lowest BCUT2D eigenvalue weighted by molar-refractivity contribution is 0.0780. The number of aromatic nitrogens is 3. The van der Waals surface area contributed by atoms with Gasteiger partial charge < -0.3 is 18.9 Å². The highest BCUT2D eigenvalue weighted by atomic mass is 16.5. The average molecular weight is 431 g/mol. The number of carbonyl (C=O) groups excluding carboxylic acids is 1. The van der Waals surface area contributed by atoms with E-state index in [9.17, 15) is 4.79 Å². The van der Waals surface area contributed by atoms with Gasteiger partial charge in [-0.3, -0.25) is 9.78 Å². The van der Waals surface area contributed by atoms with Gasteiger partial charge in [-0.2, -0.15) is 0 Å². The molecule has 0 aliphatic rings. The van der Waals surface area contributed by atoms with Crippen molar-refractivity contribution in [3.63, 3.8) is 0 Å². The number of methoxy groups -OCH3 is 1. The highest BCUT2D eigenvalue weighted by Gasteiger charge is 2.17. The van der Waals surface area contributed by atoms with Gasteiger partial charge in [-0.25, -0.2) is 4.98 Å². The van der Waals surface area contributed by atoms with Crippen LogP contribution in [-0.2, 0) is 13.1 Å². The summed E-state index contributed by atoms with van der Waals surface area (Å²) < 4.78 is 13.4. The van der Waals surface area contributed by atoms with Crippen LogP contribution in [0.25, 0.3) is 11.0 Å². The molecule has 2 aromatic carbocycles. The number of hydrogen-bond acceptors (Lipinski definition) is 5. The highest BCUT2D eigenvalue weighted by molar-refractivity contribution is 5.93. The molecule has 0 bridgehead atoms. The van der Waals surface area contributed by atoms with Crippen molar-refractivity contribution in [1.29, 1.82) is 0 Å². The molecule has 0 atom stereocenters. The molecule has 0 N–H and O–H groups in total. The summed E-state index contributed by atoms with van der Waals surface area (Å²) in [7, 11) is 3.42. The first kappa shape index (κ1) is 21.4. The van der Waals surface area contributed by atoms with Gasteiger partial charge in [0.2, 0.25) is 0 Å². The van der Waals surface area contributed by atoms with Crippen LogP contribution in [0, 0.1) is 0 Å². The zero-order valence-electron chi connectivity index (χ0n) is 18.3. The molecule has 7 nitrogen and oxygen atoms in total. The van der Waals surface area contributed by atoms with E-state index in [1.54, 1.807) is 43.6 Å². The van der Waals surface area contributed by atoms with Crippen LogP contribution in [0.4, 0.5) is 0 Å². The summed E-state index contributed by atoms with van der Waals surface area (Å²) in [6.07, 6.45) is 4.03. The van der Waals surface area contributed by atoms with E-state index in [0.29, 0.717) is 18.7 Å². The first-order chi connectivity index (χ1) is 15.7. The molecule has 0 saturated carbocycles. The molecule has 4 rings (SSSR count). The summed E-state index contributed by atoms with van der Waals surface area (Å²) in [5, 5.41) is 0. The predicted molar refractivity (Wildman–Crippen MR) is 123 cm³/mol. The molecule has 4 aromatic rings. The third-order valence-corrected chi connectivity index (χ3v) is 5.24. The second-order valence-electron chi connectivity index (χ2n) is 7.42. The van der Waals surface area contributed by atoms with Gasteiger partial charge in [0.25, 0.3) is 5.91 Å². The Morgan fingerprint density at radius 3 is 2.50 bits per heavy atom. The third kappa shape index (κ3) is 4.72. The van der Waals surface area contributed by atoms with Crippen molar-refractivity contribution in [1.82, 2.24) is 19.4 Å². The Balaban J connectivity index is 1.47. The summed E-state index contributed by atoms with van der Waals surface area (Å²) in [6.45, 7) is 1.67. The second-order valence-corrected chi connectivity index (χ2v) is 7.42. The van der Waals surface area contributed by atoms with Crippen LogP contribution >= 0.6 is 0 Å². The summed E-state index contributed by atoms with van der Waals surface area (Å²) in [6, 6.07) is 19.1. The molecule has 0 fully saturated rings. The minimum absolute atomic E-state index is 0.0643. The van der Waals surface area contributed by atoms with Crippen LogP contribution < -0.4 is 9.47 Å². The molecular formula is C25H26N4O3. The SMILES string of the molecule is COc1ccccc1OCCCn1c(CN(C)C(=O)c2ccncc2)nc2ccccc21. The molecule has 164 valence electrons. The number of rotatable bonds is 9. The monoisotopic (exact) mass is 430 g/mol. The number of pyridine rings is 1. The normalized spacial score (nSPS) is 10.8. The molecule has 0 aliphatic heterocycles. The molecule has 7 heteroatoms. The second kappa shape index (κ2) is 9.96. The van der Waals surface area contributed by atoms with E-state index < -0.39 is 0 Å². The smallest absolute Gasteiger partial charge is 0.254 e. The van der Waals surface area contributed by atoms with Crippen molar-refractivity contribution in [3.8, 4) is 11.5 Å². The maximum atomic E-state index is 12.8. The number of amides is 1. The summed E-state index contributed by atoms with van der Waals surface area (Å²) in [5.41, 5.74) is 2.57. The fourth-order valence-electron chi connectivity index (χ4n) is 3.64. The highest BCUT2D eigenvalue weighted by Crippen LogP contribution is 2.26. The van der Waals surface area contributed by atoms with Crippen LogP contribution in [-0.4, -0.2) is 46.1 Å². The van der Waals surface area contributed by atoms with Crippen molar-refractivity contribution in [2.24, 2.45) is 0 Å². The number of fused-ring (bicyclic) bond motifs is 1. The Labute approximate surface area is 187 Å². The van der Waals surface area contributed by atoms with E-state index in [2.05, 4.69) is 15.6 Å². The Kier molecular flexibility index (Phi) is 6.65. The van der Waals surface area contributed by atoms with Crippen molar-refractivity contribution in [2.75, 3.05) is 20.8 Å². The van der Waals surface area contributed by atoms with Gasteiger partial charge in [0, 0.05) is 31.5 Å². The number of ether oxygens (including phenoxy) is 2. The molecule has 0 radical (unpaired) electrons. The van der Waals surface area contributed by atoms with Crippen molar-refractivity contribution in [3.05, 3.63) is 84.4 Å². The minimum Gasteiger partial charge on any atom is -0.493 e. The van der Waals surface area contributed by atoms with Crippen LogP contribution in [0.1, 0.15) is 22.6 Å². The fourth-order valence-corrected chi connectivity index (χ4v) is 3.64. The van der Waals surface area contributed by atoms with Gasteiger partial charge in [0.15, 0.2) is 11.5 Å².